The van der Waals surface area contributed by atoms with Crippen LogP contribution in [0.25, 0.3) is 10.8 Å². The first-order chi connectivity index (χ1) is 18.3. The summed E-state index contributed by atoms with van der Waals surface area (Å²) in [6.07, 6.45) is 1.48. The molecule has 38 heavy (non-hydrogen) atoms. The molecule has 0 saturated carbocycles. The number of rotatable bonds is 10. The van der Waals surface area contributed by atoms with Crippen LogP contribution in [0.2, 0.25) is 0 Å². The van der Waals surface area contributed by atoms with Gasteiger partial charge in [0.2, 0.25) is 0 Å². The molecule has 1 fully saturated rings. The molecule has 1 aliphatic rings. The summed E-state index contributed by atoms with van der Waals surface area (Å²) in [7, 11) is -2.34. The molecule has 2 amide bonds. The zero-order chi connectivity index (χ0) is 27.3. The highest BCUT2D eigenvalue weighted by molar-refractivity contribution is 7.89. The number of carbonyl (C=O) groups is 2. The first kappa shape index (κ1) is 27.6. The van der Waals surface area contributed by atoms with Crippen LogP contribution in [0, 0.1) is 5.92 Å². The van der Waals surface area contributed by atoms with E-state index in [9.17, 15) is 18.0 Å². The van der Waals surface area contributed by atoms with Gasteiger partial charge in [-0.25, -0.2) is 18.1 Å². The van der Waals surface area contributed by atoms with E-state index in [0.29, 0.717) is 25.4 Å². The third kappa shape index (κ3) is 5.86. The monoisotopic (exact) mass is 540 g/mol. The lowest BCUT2D eigenvalue weighted by Crippen LogP contribution is -2.39. The summed E-state index contributed by atoms with van der Waals surface area (Å²) in [5.74, 6) is -1.17. The molecule has 1 aliphatic heterocycles. The van der Waals surface area contributed by atoms with Crippen molar-refractivity contribution in [2.45, 2.75) is 31.4 Å². The Morgan fingerprint density at radius 3 is 2.47 bits per heavy atom. The zero-order valence-electron chi connectivity index (χ0n) is 21.5. The molecule has 11 heteroatoms. The van der Waals surface area contributed by atoms with Gasteiger partial charge in [-0.3, -0.25) is 9.59 Å². The highest BCUT2D eigenvalue weighted by Gasteiger charge is 2.30. The van der Waals surface area contributed by atoms with Crippen LogP contribution in [0.5, 0.6) is 0 Å². The molecule has 0 unspecified atom stereocenters. The number of pyridine rings is 1. The number of amides is 2. The van der Waals surface area contributed by atoms with E-state index < -0.39 is 15.9 Å². The molecular weight excluding hydrogens is 508 g/mol. The zero-order valence-corrected chi connectivity index (χ0v) is 22.3. The Kier molecular flexibility index (Phi) is 8.72. The number of fused-ring (bicyclic) bond motifs is 1. The number of carbonyl (C=O) groups excluding carboxylic acids is 2. The number of benzene rings is 2. The van der Waals surface area contributed by atoms with Gasteiger partial charge in [-0.1, -0.05) is 37.3 Å². The number of primary amides is 1. The van der Waals surface area contributed by atoms with Gasteiger partial charge in [-0.15, -0.1) is 0 Å². The van der Waals surface area contributed by atoms with Crippen molar-refractivity contribution in [3.8, 4) is 0 Å². The first-order valence-corrected chi connectivity index (χ1v) is 13.9. The van der Waals surface area contributed by atoms with Gasteiger partial charge in [-0.05, 0) is 53.3 Å². The number of nitrogens with two attached hydrogens (primary N) is 1. The summed E-state index contributed by atoms with van der Waals surface area (Å²) in [4.78, 5) is 32.3. The minimum atomic E-state index is -3.95. The van der Waals surface area contributed by atoms with Crippen LogP contribution in [0.4, 0.5) is 5.69 Å². The standard InChI is InChI=1S/C27H32N4O6S/c1-3-29-38(34,35)24-11-10-23(25(30-24)26(28)32)31(16-18-12-14-37-15-13-18)27(33)22-9-8-19(17-36-2)20-6-4-5-7-21(20)22/h4-11,18,29H,3,12-17H2,1-2H3,(H2,28,32). The van der Waals surface area contributed by atoms with Crippen molar-refractivity contribution < 1.29 is 27.5 Å². The molecule has 0 spiro atoms. The van der Waals surface area contributed by atoms with E-state index in [0.717, 1.165) is 29.2 Å². The second-order valence-corrected chi connectivity index (χ2v) is 10.8. The summed E-state index contributed by atoms with van der Waals surface area (Å²) in [5.41, 5.74) is 6.92. The Morgan fingerprint density at radius 1 is 1.11 bits per heavy atom. The lowest BCUT2D eigenvalue weighted by Gasteiger charge is -2.31. The molecule has 0 atom stereocenters. The van der Waals surface area contributed by atoms with E-state index >= 15 is 0 Å². The molecule has 3 N–H and O–H groups in total. The minimum Gasteiger partial charge on any atom is -0.381 e. The number of anilines is 1. The van der Waals surface area contributed by atoms with Crippen molar-refractivity contribution >= 4 is 38.3 Å². The Morgan fingerprint density at radius 2 is 1.82 bits per heavy atom. The smallest absolute Gasteiger partial charge is 0.269 e. The van der Waals surface area contributed by atoms with Gasteiger partial charge < -0.3 is 20.1 Å². The molecule has 202 valence electrons. The number of aromatic nitrogens is 1. The topological polar surface area (TPSA) is 141 Å². The Labute approximate surface area is 222 Å². The number of nitrogens with one attached hydrogen (secondary N) is 1. The van der Waals surface area contributed by atoms with Crippen molar-refractivity contribution in [1.82, 2.24) is 9.71 Å². The van der Waals surface area contributed by atoms with Crippen molar-refractivity contribution in [3.63, 3.8) is 0 Å². The lowest BCUT2D eigenvalue weighted by molar-refractivity contribution is 0.0668. The first-order valence-electron chi connectivity index (χ1n) is 12.5. The van der Waals surface area contributed by atoms with Gasteiger partial charge in [0.1, 0.15) is 0 Å². The van der Waals surface area contributed by atoms with Crippen LogP contribution < -0.4 is 15.4 Å². The number of hydrogen-bond acceptors (Lipinski definition) is 7. The number of nitrogens with zero attached hydrogens (tertiary/aromatic N) is 2. The van der Waals surface area contributed by atoms with Crippen molar-refractivity contribution in [1.29, 1.82) is 0 Å². The van der Waals surface area contributed by atoms with E-state index in [1.165, 1.54) is 17.0 Å². The second-order valence-electron chi connectivity index (χ2n) is 9.11. The number of hydrogen-bond donors (Lipinski definition) is 2. The molecule has 2 aromatic carbocycles. The second kappa shape index (κ2) is 12.0. The van der Waals surface area contributed by atoms with E-state index in [1.807, 2.05) is 30.3 Å². The maximum Gasteiger partial charge on any atom is 0.269 e. The van der Waals surface area contributed by atoms with Gasteiger partial charge >= 0.3 is 0 Å². The predicted molar refractivity (Wildman–Crippen MR) is 143 cm³/mol. The van der Waals surface area contributed by atoms with Crippen molar-refractivity contribution in [3.05, 3.63) is 65.4 Å². The van der Waals surface area contributed by atoms with Crippen LogP contribution in [0.15, 0.2) is 53.6 Å². The average Bonchev–Trinajstić information content (AvgIpc) is 2.92. The number of methoxy groups -OCH3 is 1. The van der Waals surface area contributed by atoms with E-state index in [1.54, 1.807) is 20.1 Å². The molecule has 4 rings (SSSR count). The third-order valence-corrected chi connectivity index (χ3v) is 8.00. The predicted octanol–water partition coefficient (Wildman–Crippen LogP) is 2.85. The normalized spacial score (nSPS) is 14.5. The largest absolute Gasteiger partial charge is 0.381 e. The Balaban J connectivity index is 1.85. The van der Waals surface area contributed by atoms with Crippen molar-refractivity contribution in [2.75, 3.05) is 38.3 Å². The lowest BCUT2D eigenvalue weighted by atomic mass is 9.96. The highest BCUT2D eigenvalue weighted by Crippen LogP contribution is 2.30. The van der Waals surface area contributed by atoms with Gasteiger partial charge in [0.25, 0.3) is 21.8 Å². The molecule has 1 saturated heterocycles. The van der Waals surface area contributed by atoms with Crippen LogP contribution in [0.3, 0.4) is 0 Å². The fourth-order valence-corrected chi connectivity index (χ4v) is 5.69. The summed E-state index contributed by atoms with van der Waals surface area (Å²) < 4.78 is 38.3. The quantitative estimate of drug-likeness (QED) is 0.403. The summed E-state index contributed by atoms with van der Waals surface area (Å²) in [5, 5.41) is 1.28. The van der Waals surface area contributed by atoms with Crippen LogP contribution in [-0.4, -0.2) is 58.6 Å². The molecule has 3 aromatic rings. The van der Waals surface area contributed by atoms with E-state index in [4.69, 9.17) is 15.2 Å². The summed E-state index contributed by atoms with van der Waals surface area (Å²) >= 11 is 0. The number of ether oxygens (including phenoxy) is 2. The molecule has 2 heterocycles. The minimum absolute atomic E-state index is 0.109. The van der Waals surface area contributed by atoms with Gasteiger partial charge in [0.15, 0.2) is 10.7 Å². The molecule has 1 aromatic heterocycles. The van der Waals surface area contributed by atoms with Crippen LogP contribution >= 0.6 is 0 Å². The maximum absolute atomic E-state index is 14.2. The SMILES string of the molecule is CCNS(=O)(=O)c1ccc(N(CC2CCOCC2)C(=O)c2ccc(COC)c3ccccc23)c(C(N)=O)n1. The van der Waals surface area contributed by atoms with Crippen LogP contribution in [-0.2, 0) is 26.1 Å². The van der Waals surface area contributed by atoms with E-state index in [-0.39, 0.29) is 41.3 Å². The van der Waals surface area contributed by atoms with Gasteiger partial charge in [0.05, 0.1) is 12.3 Å². The molecule has 0 radical (unpaired) electrons. The summed E-state index contributed by atoms with van der Waals surface area (Å²) in [6.45, 7) is 3.61. The Hall–Kier alpha value is -3.38. The fraction of sp³-hybridized carbons (Fsp3) is 0.370. The average molecular weight is 541 g/mol. The molecule has 10 nitrogen and oxygen atoms in total. The summed E-state index contributed by atoms with van der Waals surface area (Å²) in [6, 6.07) is 13.9. The third-order valence-electron chi connectivity index (χ3n) is 6.55. The van der Waals surface area contributed by atoms with E-state index in [2.05, 4.69) is 9.71 Å². The van der Waals surface area contributed by atoms with Gasteiger partial charge in [0, 0.05) is 39.0 Å². The molecular formula is C27H32N4O6S. The fourth-order valence-electron chi connectivity index (χ4n) is 4.70. The highest BCUT2D eigenvalue weighted by atomic mass is 32.2. The maximum atomic E-state index is 14.2. The van der Waals surface area contributed by atoms with Gasteiger partial charge in [-0.2, -0.15) is 0 Å². The number of sulfonamides is 1. The Bertz CT molecular complexity index is 1440. The molecule has 0 aliphatic carbocycles. The van der Waals surface area contributed by atoms with Crippen LogP contribution in [0.1, 0.15) is 46.2 Å². The molecule has 0 bridgehead atoms. The van der Waals surface area contributed by atoms with Crippen molar-refractivity contribution in [2.24, 2.45) is 11.7 Å².